The molecule has 1 heterocycles. The molecular formula is C14H18FN3O. The highest BCUT2D eigenvalue weighted by molar-refractivity contribution is 5.72. The molecule has 2 rings (SSSR count). The van der Waals surface area contributed by atoms with E-state index in [1.54, 1.807) is 18.3 Å². The van der Waals surface area contributed by atoms with Crippen molar-refractivity contribution in [1.29, 1.82) is 0 Å². The summed E-state index contributed by atoms with van der Waals surface area (Å²) in [4.78, 5) is 0. The van der Waals surface area contributed by atoms with Gasteiger partial charge in [0.1, 0.15) is 5.69 Å². The van der Waals surface area contributed by atoms with E-state index in [0.717, 1.165) is 6.42 Å². The molecule has 1 atom stereocenters. The molecule has 0 saturated heterocycles. The first-order valence-electron chi connectivity index (χ1n) is 6.25. The maximum atomic E-state index is 13.7. The molecule has 0 aliphatic rings. The maximum Gasteiger partial charge on any atom is 0.165 e. The first-order chi connectivity index (χ1) is 9.06. The van der Waals surface area contributed by atoms with E-state index in [0.29, 0.717) is 16.9 Å². The summed E-state index contributed by atoms with van der Waals surface area (Å²) in [6.45, 7) is 4.14. The minimum absolute atomic E-state index is 0.212. The molecule has 0 radical (unpaired) electrons. The SMILES string of the molecule is CCC(C)n1cc(N)c(-c2ccc(OC)c(F)c2)n1. The van der Waals surface area contributed by atoms with Crippen molar-refractivity contribution < 1.29 is 9.13 Å². The number of anilines is 1. The van der Waals surface area contributed by atoms with Gasteiger partial charge in [0.2, 0.25) is 0 Å². The molecule has 2 aromatic rings. The molecule has 2 N–H and O–H groups in total. The molecule has 5 heteroatoms. The number of rotatable bonds is 4. The smallest absolute Gasteiger partial charge is 0.165 e. The van der Waals surface area contributed by atoms with Crippen LogP contribution in [0.25, 0.3) is 11.3 Å². The third-order valence-corrected chi connectivity index (χ3v) is 3.23. The summed E-state index contributed by atoms with van der Waals surface area (Å²) in [6.07, 6.45) is 2.74. The second-order valence-corrected chi connectivity index (χ2v) is 4.52. The zero-order valence-corrected chi connectivity index (χ0v) is 11.4. The summed E-state index contributed by atoms with van der Waals surface area (Å²) < 4.78 is 20.4. The zero-order chi connectivity index (χ0) is 14.0. The quantitative estimate of drug-likeness (QED) is 0.921. The molecule has 0 aliphatic carbocycles. The van der Waals surface area contributed by atoms with Crippen LogP contribution in [0.2, 0.25) is 0 Å². The van der Waals surface area contributed by atoms with E-state index < -0.39 is 5.82 Å². The fourth-order valence-corrected chi connectivity index (χ4v) is 1.86. The molecule has 1 aromatic carbocycles. The summed E-state index contributed by atoms with van der Waals surface area (Å²) in [5.74, 6) is -0.207. The second kappa shape index (κ2) is 5.30. The Morgan fingerprint density at radius 3 is 2.79 bits per heavy atom. The molecule has 0 spiro atoms. The van der Waals surface area contributed by atoms with Crippen molar-refractivity contribution in [2.24, 2.45) is 0 Å². The fraction of sp³-hybridized carbons (Fsp3) is 0.357. The first-order valence-corrected chi connectivity index (χ1v) is 6.25. The van der Waals surface area contributed by atoms with E-state index in [-0.39, 0.29) is 11.8 Å². The van der Waals surface area contributed by atoms with Crippen molar-refractivity contribution in [3.8, 4) is 17.0 Å². The molecule has 102 valence electrons. The van der Waals surface area contributed by atoms with Crippen LogP contribution in [0.4, 0.5) is 10.1 Å². The number of nitrogens with zero attached hydrogens (tertiary/aromatic N) is 2. The van der Waals surface area contributed by atoms with E-state index in [2.05, 4.69) is 18.9 Å². The van der Waals surface area contributed by atoms with Crippen molar-refractivity contribution in [1.82, 2.24) is 9.78 Å². The lowest BCUT2D eigenvalue weighted by Crippen LogP contribution is -2.04. The summed E-state index contributed by atoms with van der Waals surface area (Å²) in [7, 11) is 1.43. The summed E-state index contributed by atoms with van der Waals surface area (Å²) in [5.41, 5.74) is 7.75. The number of halogens is 1. The number of nitrogen functional groups attached to an aromatic ring is 1. The van der Waals surface area contributed by atoms with Gasteiger partial charge >= 0.3 is 0 Å². The lowest BCUT2D eigenvalue weighted by atomic mass is 10.1. The fourth-order valence-electron chi connectivity index (χ4n) is 1.86. The standard InChI is InChI=1S/C14H18FN3O/c1-4-9(2)18-8-12(16)14(17-18)10-5-6-13(19-3)11(15)7-10/h5-9H,4,16H2,1-3H3. The number of methoxy groups -OCH3 is 1. The molecule has 4 nitrogen and oxygen atoms in total. The van der Waals surface area contributed by atoms with Gasteiger partial charge in [-0.2, -0.15) is 5.10 Å². The van der Waals surface area contributed by atoms with Gasteiger partial charge in [0.25, 0.3) is 0 Å². The van der Waals surface area contributed by atoms with Crippen LogP contribution >= 0.6 is 0 Å². The van der Waals surface area contributed by atoms with Crippen molar-refractivity contribution in [2.45, 2.75) is 26.3 Å². The topological polar surface area (TPSA) is 53.1 Å². The van der Waals surface area contributed by atoms with Gasteiger partial charge in [0.15, 0.2) is 11.6 Å². The third kappa shape index (κ3) is 2.54. The van der Waals surface area contributed by atoms with Gasteiger partial charge in [0, 0.05) is 17.8 Å². The molecule has 0 bridgehead atoms. The van der Waals surface area contributed by atoms with Crippen molar-refractivity contribution in [3.63, 3.8) is 0 Å². The highest BCUT2D eigenvalue weighted by atomic mass is 19.1. The monoisotopic (exact) mass is 263 g/mol. The van der Waals surface area contributed by atoms with E-state index in [1.165, 1.54) is 13.2 Å². The Morgan fingerprint density at radius 1 is 1.47 bits per heavy atom. The van der Waals surface area contributed by atoms with Crippen LogP contribution < -0.4 is 10.5 Å². The van der Waals surface area contributed by atoms with Crippen LogP contribution in [-0.2, 0) is 0 Å². The van der Waals surface area contributed by atoms with Gasteiger partial charge in [-0.05, 0) is 31.5 Å². The van der Waals surface area contributed by atoms with Crippen molar-refractivity contribution >= 4 is 5.69 Å². The van der Waals surface area contributed by atoms with Gasteiger partial charge < -0.3 is 10.5 Å². The molecule has 0 saturated carbocycles. The summed E-state index contributed by atoms with van der Waals surface area (Å²) >= 11 is 0. The van der Waals surface area contributed by atoms with Crippen LogP contribution in [-0.4, -0.2) is 16.9 Å². The highest BCUT2D eigenvalue weighted by Gasteiger charge is 2.13. The molecule has 0 aliphatic heterocycles. The molecule has 0 amide bonds. The minimum Gasteiger partial charge on any atom is -0.494 e. The Kier molecular flexibility index (Phi) is 3.74. The second-order valence-electron chi connectivity index (χ2n) is 4.52. The molecule has 0 fully saturated rings. The normalized spacial score (nSPS) is 12.4. The van der Waals surface area contributed by atoms with E-state index in [4.69, 9.17) is 10.5 Å². The average Bonchev–Trinajstić information content (AvgIpc) is 2.80. The number of ether oxygens (including phenoxy) is 1. The third-order valence-electron chi connectivity index (χ3n) is 3.23. The summed E-state index contributed by atoms with van der Waals surface area (Å²) in [6, 6.07) is 4.98. The zero-order valence-electron chi connectivity index (χ0n) is 11.4. The van der Waals surface area contributed by atoms with Crippen molar-refractivity contribution in [3.05, 3.63) is 30.2 Å². The largest absolute Gasteiger partial charge is 0.494 e. The molecule has 1 unspecified atom stereocenters. The predicted octanol–water partition coefficient (Wildman–Crippen LogP) is 3.25. The lowest BCUT2D eigenvalue weighted by molar-refractivity contribution is 0.386. The summed E-state index contributed by atoms with van der Waals surface area (Å²) in [5, 5.41) is 4.43. The minimum atomic E-state index is -0.419. The Labute approximate surface area is 112 Å². The van der Waals surface area contributed by atoms with E-state index in [9.17, 15) is 4.39 Å². The van der Waals surface area contributed by atoms with E-state index >= 15 is 0 Å². The van der Waals surface area contributed by atoms with Crippen LogP contribution in [0.1, 0.15) is 26.3 Å². The maximum absolute atomic E-state index is 13.7. The van der Waals surface area contributed by atoms with Crippen LogP contribution in [0.15, 0.2) is 24.4 Å². The number of benzene rings is 1. The van der Waals surface area contributed by atoms with E-state index in [1.807, 2.05) is 4.68 Å². The van der Waals surface area contributed by atoms with Gasteiger partial charge in [0.05, 0.1) is 12.8 Å². The Morgan fingerprint density at radius 2 is 2.21 bits per heavy atom. The predicted molar refractivity (Wildman–Crippen MR) is 73.6 cm³/mol. The van der Waals surface area contributed by atoms with Crippen molar-refractivity contribution in [2.75, 3.05) is 12.8 Å². The van der Waals surface area contributed by atoms with Gasteiger partial charge in [-0.15, -0.1) is 0 Å². The Balaban J connectivity index is 2.41. The first kappa shape index (κ1) is 13.4. The highest BCUT2D eigenvalue weighted by Crippen LogP contribution is 2.29. The van der Waals surface area contributed by atoms with Crippen LogP contribution in [0.5, 0.6) is 5.75 Å². The Hall–Kier alpha value is -2.04. The number of hydrogen-bond donors (Lipinski definition) is 1. The molecule has 1 aromatic heterocycles. The number of hydrogen-bond acceptors (Lipinski definition) is 3. The number of nitrogens with two attached hydrogens (primary N) is 1. The van der Waals surface area contributed by atoms with Crippen LogP contribution in [0, 0.1) is 5.82 Å². The van der Waals surface area contributed by atoms with Gasteiger partial charge in [-0.3, -0.25) is 4.68 Å². The van der Waals surface area contributed by atoms with Gasteiger partial charge in [-0.25, -0.2) is 4.39 Å². The van der Waals surface area contributed by atoms with Crippen LogP contribution in [0.3, 0.4) is 0 Å². The molecular weight excluding hydrogens is 245 g/mol. The lowest BCUT2D eigenvalue weighted by Gasteiger charge is -2.08. The number of aromatic nitrogens is 2. The average molecular weight is 263 g/mol. The Bertz CT molecular complexity index is 580. The van der Waals surface area contributed by atoms with Gasteiger partial charge in [-0.1, -0.05) is 6.92 Å². The molecule has 19 heavy (non-hydrogen) atoms.